The van der Waals surface area contributed by atoms with Gasteiger partial charge in [0.2, 0.25) is 0 Å². The predicted molar refractivity (Wildman–Crippen MR) is 146 cm³/mol. The predicted octanol–water partition coefficient (Wildman–Crippen LogP) is 8.84. The summed E-state index contributed by atoms with van der Waals surface area (Å²) in [7, 11) is 0. The van der Waals surface area contributed by atoms with Crippen LogP contribution in [-0.2, 0) is 12.8 Å². The second-order valence-corrected chi connectivity index (χ2v) is 9.07. The molecule has 0 unspecified atom stereocenters. The lowest BCUT2D eigenvalue weighted by molar-refractivity contribution is 0.881. The molecular weight excluding hydrogens is 447 g/mol. The van der Waals surface area contributed by atoms with E-state index in [2.05, 4.69) is 75.1 Å². The number of nitrogens with one attached hydrogen (secondary N) is 1. The van der Waals surface area contributed by atoms with E-state index in [0.717, 1.165) is 40.6 Å². The fourth-order valence-electron chi connectivity index (χ4n) is 3.44. The van der Waals surface area contributed by atoms with E-state index in [4.69, 9.17) is 28.2 Å². The van der Waals surface area contributed by atoms with Crippen molar-refractivity contribution < 1.29 is 0 Å². The van der Waals surface area contributed by atoms with Crippen LogP contribution in [0.25, 0.3) is 5.70 Å². The Labute approximate surface area is 207 Å². The van der Waals surface area contributed by atoms with Crippen molar-refractivity contribution in [2.24, 2.45) is 10.9 Å². The van der Waals surface area contributed by atoms with Crippen molar-refractivity contribution >= 4 is 40.4 Å². The van der Waals surface area contributed by atoms with E-state index in [1.54, 1.807) is 6.08 Å². The maximum Gasteiger partial charge on any atom is 0.109 e. The molecule has 0 aliphatic rings. The first-order chi connectivity index (χ1) is 15.9. The minimum atomic E-state index is 0.212. The zero-order valence-corrected chi connectivity index (χ0v) is 20.9. The summed E-state index contributed by atoms with van der Waals surface area (Å²) in [4.78, 5) is 4.91. The van der Waals surface area contributed by atoms with Gasteiger partial charge < -0.3 is 5.32 Å². The topological polar surface area (TPSA) is 24.4 Å². The number of halogens is 2. The van der Waals surface area contributed by atoms with E-state index in [1.807, 2.05) is 30.3 Å². The molecule has 0 bridgehead atoms. The molecule has 0 heterocycles. The molecule has 33 heavy (non-hydrogen) atoms. The lowest BCUT2D eigenvalue weighted by Crippen LogP contribution is -2.18. The smallest absolute Gasteiger partial charge is 0.109 e. The Hall–Kier alpha value is -2.81. The van der Waals surface area contributed by atoms with Gasteiger partial charge >= 0.3 is 0 Å². The van der Waals surface area contributed by atoms with Gasteiger partial charge in [-0.05, 0) is 65.9 Å². The fraction of sp³-hybridized carbons (Fsp3) is 0.207. The van der Waals surface area contributed by atoms with Gasteiger partial charge in [-0.25, -0.2) is 4.99 Å². The number of hydrogen-bond donors (Lipinski definition) is 1. The maximum absolute atomic E-state index is 6.38. The number of anilines is 1. The van der Waals surface area contributed by atoms with Crippen LogP contribution in [0.15, 0.2) is 90.5 Å². The molecule has 1 N–H and O–H groups in total. The Balaban J connectivity index is 1.77. The Morgan fingerprint density at radius 2 is 1.64 bits per heavy atom. The molecule has 0 radical (unpaired) electrons. The first kappa shape index (κ1) is 24.8. The Bertz CT molecular complexity index is 1140. The highest BCUT2D eigenvalue weighted by atomic mass is 35.5. The molecule has 2 nitrogen and oxygen atoms in total. The van der Waals surface area contributed by atoms with Gasteiger partial charge in [0.25, 0.3) is 0 Å². The molecular formula is C29H30Cl2N2. The zero-order valence-electron chi connectivity index (χ0n) is 19.4. The van der Waals surface area contributed by atoms with E-state index in [0.29, 0.717) is 5.02 Å². The molecule has 0 aliphatic heterocycles. The van der Waals surface area contributed by atoms with Crippen molar-refractivity contribution in [3.8, 4) is 0 Å². The van der Waals surface area contributed by atoms with Gasteiger partial charge in [0.1, 0.15) is 5.84 Å². The largest absolute Gasteiger partial charge is 0.344 e. The van der Waals surface area contributed by atoms with Crippen LogP contribution in [0.4, 0.5) is 5.69 Å². The molecule has 0 atom stereocenters. The first-order valence-electron chi connectivity index (χ1n) is 11.2. The van der Waals surface area contributed by atoms with Crippen LogP contribution < -0.4 is 5.32 Å². The van der Waals surface area contributed by atoms with Crippen LogP contribution in [-0.4, -0.2) is 5.84 Å². The van der Waals surface area contributed by atoms with Crippen molar-refractivity contribution in [1.29, 1.82) is 0 Å². The number of amidine groups is 1. The normalized spacial score (nSPS) is 12.2. The average Bonchev–Trinajstić information content (AvgIpc) is 2.80. The summed E-state index contributed by atoms with van der Waals surface area (Å²) in [6.07, 6.45) is 5.45. The number of rotatable bonds is 8. The molecule has 3 rings (SSSR count). The van der Waals surface area contributed by atoms with E-state index in [1.165, 1.54) is 16.7 Å². The molecule has 4 heteroatoms. The highest BCUT2D eigenvalue weighted by Gasteiger charge is 2.09. The highest BCUT2D eigenvalue weighted by molar-refractivity contribution is 6.31. The molecule has 0 aromatic heterocycles. The zero-order chi connectivity index (χ0) is 23.8. The minimum Gasteiger partial charge on any atom is -0.344 e. The van der Waals surface area contributed by atoms with Gasteiger partial charge in [0.05, 0.1) is 5.70 Å². The SMILES string of the molecule is C=C/C=C(\N=C(Nc1ccc(Cc2ccc(CC)c(Cl)c2)cc1)C(C)C)c1ccc(Cl)cc1. The highest BCUT2D eigenvalue weighted by Crippen LogP contribution is 2.23. The summed E-state index contributed by atoms with van der Waals surface area (Å²) in [6, 6.07) is 22.5. The third kappa shape index (κ3) is 7.08. The van der Waals surface area contributed by atoms with Crippen LogP contribution in [0.3, 0.4) is 0 Å². The Morgan fingerprint density at radius 3 is 2.21 bits per heavy atom. The number of aliphatic imine (C=N–C) groups is 1. The third-order valence-electron chi connectivity index (χ3n) is 5.34. The fourth-order valence-corrected chi connectivity index (χ4v) is 3.90. The van der Waals surface area contributed by atoms with E-state index in [9.17, 15) is 0 Å². The molecule has 0 saturated carbocycles. The van der Waals surface area contributed by atoms with Gasteiger partial charge in [0, 0.05) is 27.2 Å². The van der Waals surface area contributed by atoms with Crippen LogP contribution in [0, 0.1) is 5.92 Å². The van der Waals surface area contributed by atoms with Crippen molar-refractivity contribution in [2.45, 2.75) is 33.6 Å². The summed E-state index contributed by atoms with van der Waals surface area (Å²) in [5.41, 5.74) is 6.45. The van der Waals surface area contributed by atoms with Crippen molar-refractivity contribution in [2.75, 3.05) is 5.32 Å². The third-order valence-corrected chi connectivity index (χ3v) is 5.94. The van der Waals surface area contributed by atoms with Crippen molar-refractivity contribution in [3.63, 3.8) is 0 Å². The Kier molecular flexibility index (Phi) is 8.94. The van der Waals surface area contributed by atoms with Crippen molar-refractivity contribution in [1.82, 2.24) is 0 Å². The van der Waals surface area contributed by atoms with Gasteiger partial charge in [0.15, 0.2) is 0 Å². The molecule has 170 valence electrons. The van der Waals surface area contributed by atoms with E-state index in [-0.39, 0.29) is 5.92 Å². The summed E-state index contributed by atoms with van der Waals surface area (Å²) in [6.45, 7) is 10.2. The minimum absolute atomic E-state index is 0.212. The average molecular weight is 477 g/mol. The van der Waals surface area contributed by atoms with Gasteiger partial charge in [-0.3, -0.25) is 0 Å². The quantitative estimate of drug-likeness (QED) is 0.196. The molecule has 3 aromatic rings. The second-order valence-electron chi connectivity index (χ2n) is 8.22. The molecule has 0 fully saturated rings. The second kappa shape index (κ2) is 11.9. The number of allylic oxidation sites excluding steroid dienone is 2. The van der Waals surface area contributed by atoms with Gasteiger partial charge in [-0.15, -0.1) is 0 Å². The van der Waals surface area contributed by atoms with Crippen LogP contribution in [0.2, 0.25) is 10.0 Å². The van der Waals surface area contributed by atoms with E-state index < -0.39 is 0 Å². The summed E-state index contributed by atoms with van der Waals surface area (Å²) < 4.78 is 0. The monoisotopic (exact) mass is 476 g/mol. The maximum atomic E-state index is 6.38. The van der Waals surface area contributed by atoms with Gasteiger partial charge in [-0.2, -0.15) is 0 Å². The first-order valence-corrected chi connectivity index (χ1v) is 12.0. The van der Waals surface area contributed by atoms with Crippen LogP contribution in [0.1, 0.15) is 43.0 Å². The lowest BCUT2D eigenvalue weighted by Gasteiger charge is -2.15. The number of benzene rings is 3. The number of nitrogens with zero attached hydrogens (tertiary/aromatic N) is 1. The van der Waals surface area contributed by atoms with Crippen LogP contribution in [0.5, 0.6) is 0 Å². The number of hydrogen-bond acceptors (Lipinski definition) is 1. The molecule has 0 aliphatic carbocycles. The summed E-state index contributed by atoms with van der Waals surface area (Å²) in [5.74, 6) is 1.09. The molecule has 3 aromatic carbocycles. The standard InChI is InChI=1S/C29H30Cl2N2/c1-5-7-28(24-12-14-25(30)15-13-24)33-29(20(3)4)32-26-16-9-21(10-17-26)18-22-8-11-23(6-2)27(31)19-22/h5,7-17,19-20H,1,6,18H2,2-4H3,(H,32,33)/b28-7-. The summed E-state index contributed by atoms with van der Waals surface area (Å²) >= 11 is 12.4. The van der Waals surface area contributed by atoms with Gasteiger partial charge in [-0.1, -0.05) is 93.0 Å². The van der Waals surface area contributed by atoms with Crippen molar-refractivity contribution in [3.05, 3.63) is 118 Å². The Morgan fingerprint density at radius 1 is 0.970 bits per heavy atom. The molecule has 0 spiro atoms. The summed E-state index contributed by atoms with van der Waals surface area (Å²) in [5, 5.41) is 5.03. The lowest BCUT2D eigenvalue weighted by atomic mass is 10.0. The van der Waals surface area contributed by atoms with E-state index >= 15 is 0 Å². The number of aryl methyl sites for hydroxylation is 1. The molecule has 0 saturated heterocycles. The van der Waals surface area contributed by atoms with Crippen LogP contribution >= 0.6 is 23.2 Å². The molecule has 0 amide bonds.